The van der Waals surface area contributed by atoms with Crippen LogP contribution >= 0.6 is 0 Å². The van der Waals surface area contributed by atoms with Gasteiger partial charge in [0.1, 0.15) is 5.58 Å². The van der Waals surface area contributed by atoms with Crippen molar-refractivity contribution in [2.45, 2.75) is 0 Å². The summed E-state index contributed by atoms with van der Waals surface area (Å²) >= 11 is 0. The third kappa shape index (κ3) is 1.34. The van der Waals surface area contributed by atoms with Gasteiger partial charge in [0.25, 0.3) is 0 Å². The molecule has 3 heteroatoms. The molecule has 0 aliphatic heterocycles. The van der Waals surface area contributed by atoms with Crippen molar-refractivity contribution < 1.29 is 4.42 Å². The summed E-state index contributed by atoms with van der Waals surface area (Å²) in [6.07, 6.45) is 3.72. The summed E-state index contributed by atoms with van der Waals surface area (Å²) in [5.41, 5.74) is 2.94. The van der Waals surface area contributed by atoms with Crippen molar-refractivity contribution in [2.24, 2.45) is 0 Å². The van der Waals surface area contributed by atoms with Gasteiger partial charge in [-0.05, 0) is 30.3 Å². The van der Waals surface area contributed by atoms with E-state index < -0.39 is 0 Å². The molecule has 0 fully saturated rings. The van der Waals surface area contributed by atoms with Crippen molar-refractivity contribution in [3.63, 3.8) is 0 Å². The summed E-state index contributed by atoms with van der Waals surface area (Å²) in [6.45, 7) is 0. The number of para-hydroxylation sites is 1. The van der Waals surface area contributed by atoms with Crippen LogP contribution in [0, 0.1) is 0 Å². The maximum Gasteiger partial charge on any atom is 0.134 e. The highest BCUT2D eigenvalue weighted by molar-refractivity contribution is 5.93. The SMILES string of the molecule is c1ccc(-n2cc3cc4occc4cc3n2)cc1. The van der Waals surface area contributed by atoms with Gasteiger partial charge in [-0.15, -0.1) is 0 Å². The van der Waals surface area contributed by atoms with E-state index in [1.54, 1.807) is 6.26 Å². The second-order valence-electron chi connectivity index (χ2n) is 4.28. The standard InChI is InChI=1S/C15H10N2O/c1-2-4-13(5-3-1)17-10-12-9-15-11(6-7-18-15)8-14(12)16-17/h1-10H. The topological polar surface area (TPSA) is 31.0 Å². The van der Waals surface area contributed by atoms with Crippen LogP contribution < -0.4 is 0 Å². The zero-order chi connectivity index (χ0) is 11.9. The van der Waals surface area contributed by atoms with Gasteiger partial charge in [0.05, 0.1) is 17.5 Å². The van der Waals surface area contributed by atoms with Gasteiger partial charge >= 0.3 is 0 Å². The lowest BCUT2D eigenvalue weighted by Crippen LogP contribution is -1.92. The lowest BCUT2D eigenvalue weighted by atomic mass is 10.2. The Kier molecular flexibility index (Phi) is 1.83. The van der Waals surface area contributed by atoms with Crippen molar-refractivity contribution in [3.05, 3.63) is 61.0 Å². The van der Waals surface area contributed by atoms with Gasteiger partial charge in [-0.25, -0.2) is 4.68 Å². The minimum atomic E-state index is 0.898. The Morgan fingerprint density at radius 3 is 2.72 bits per heavy atom. The number of rotatable bonds is 1. The molecule has 0 bridgehead atoms. The van der Waals surface area contributed by atoms with E-state index in [-0.39, 0.29) is 0 Å². The number of nitrogens with zero attached hydrogens (tertiary/aromatic N) is 2. The van der Waals surface area contributed by atoms with Gasteiger partial charge in [0.2, 0.25) is 0 Å². The molecule has 2 aromatic carbocycles. The smallest absolute Gasteiger partial charge is 0.134 e. The number of aromatic nitrogens is 2. The normalized spacial score (nSPS) is 11.3. The maximum atomic E-state index is 5.40. The van der Waals surface area contributed by atoms with Crippen LogP contribution in [0.15, 0.2) is 65.4 Å². The van der Waals surface area contributed by atoms with E-state index in [9.17, 15) is 0 Å². The molecule has 0 aliphatic carbocycles. The molecule has 4 aromatic rings. The van der Waals surface area contributed by atoms with Gasteiger partial charge in [-0.2, -0.15) is 5.10 Å². The number of furan rings is 1. The van der Waals surface area contributed by atoms with E-state index in [4.69, 9.17) is 4.42 Å². The third-order valence-electron chi connectivity index (χ3n) is 3.10. The fourth-order valence-corrected chi connectivity index (χ4v) is 2.19. The zero-order valence-electron chi connectivity index (χ0n) is 9.58. The van der Waals surface area contributed by atoms with Crippen LogP contribution in [0.1, 0.15) is 0 Å². The molecular formula is C15H10N2O. The van der Waals surface area contributed by atoms with E-state index in [2.05, 4.69) is 5.10 Å². The van der Waals surface area contributed by atoms with Crippen molar-refractivity contribution >= 4 is 21.9 Å². The number of hydrogen-bond acceptors (Lipinski definition) is 2. The summed E-state index contributed by atoms with van der Waals surface area (Å²) in [5.74, 6) is 0. The highest BCUT2D eigenvalue weighted by Crippen LogP contribution is 2.23. The second kappa shape index (κ2) is 3.47. The van der Waals surface area contributed by atoms with Crippen molar-refractivity contribution in [3.8, 4) is 5.69 Å². The van der Waals surface area contributed by atoms with Crippen LogP contribution in [0.3, 0.4) is 0 Å². The first kappa shape index (κ1) is 9.48. The highest BCUT2D eigenvalue weighted by Gasteiger charge is 2.05. The molecule has 2 heterocycles. The quantitative estimate of drug-likeness (QED) is 0.502. The Morgan fingerprint density at radius 1 is 0.944 bits per heavy atom. The predicted molar refractivity (Wildman–Crippen MR) is 70.8 cm³/mol. The fourth-order valence-electron chi connectivity index (χ4n) is 2.19. The van der Waals surface area contributed by atoms with Gasteiger partial charge < -0.3 is 4.42 Å². The van der Waals surface area contributed by atoms with Gasteiger partial charge in [0.15, 0.2) is 0 Å². The third-order valence-corrected chi connectivity index (χ3v) is 3.10. The summed E-state index contributed by atoms with van der Waals surface area (Å²) in [5, 5.41) is 6.76. The summed E-state index contributed by atoms with van der Waals surface area (Å²) < 4.78 is 7.30. The van der Waals surface area contributed by atoms with Crippen molar-refractivity contribution in [1.82, 2.24) is 9.78 Å². The first-order valence-corrected chi connectivity index (χ1v) is 5.82. The van der Waals surface area contributed by atoms with Gasteiger partial charge in [-0.3, -0.25) is 0 Å². The van der Waals surface area contributed by atoms with Crippen LogP contribution in [-0.4, -0.2) is 9.78 Å². The maximum absolute atomic E-state index is 5.40. The summed E-state index contributed by atoms with van der Waals surface area (Å²) in [4.78, 5) is 0. The van der Waals surface area contributed by atoms with E-state index >= 15 is 0 Å². The van der Waals surface area contributed by atoms with Crippen molar-refractivity contribution in [1.29, 1.82) is 0 Å². The highest BCUT2D eigenvalue weighted by atomic mass is 16.3. The molecule has 0 spiro atoms. The second-order valence-corrected chi connectivity index (χ2v) is 4.28. The summed E-state index contributed by atoms with van der Waals surface area (Å²) in [6, 6.07) is 16.1. The molecule has 18 heavy (non-hydrogen) atoms. The van der Waals surface area contributed by atoms with E-state index in [1.807, 2.05) is 59.4 Å². The largest absolute Gasteiger partial charge is 0.464 e. The Balaban J connectivity index is 1.98. The Hall–Kier alpha value is -2.55. The van der Waals surface area contributed by atoms with Crippen LogP contribution in [0.4, 0.5) is 0 Å². The lowest BCUT2D eigenvalue weighted by molar-refractivity contribution is 0.616. The molecule has 0 unspecified atom stereocenters. The molecule has 2 aromatic heterocycles. The monoisotopic (exact) mass is 234 g/mol. The molecule has 0 aliphatic rings. The average Bonchev–Trinajstić information content (AvgIpc) is 3.01. The van der Waals surface area contributed by atoms with E-state index in [1.165, 1.54) is 0 Å². The Bertz CT molecular complexity index is 779. The van der Waals surface area contributed by atoms with Gasteiger partial charge in [-0.1, -0.05) is 18.2 Å². The average molecular weight is 234 g/mol. The molecule has 3 nitrogen and oxygen atoms in total. The molecule has 0 atom stereocenters. The van der Waals surface area contributed by atoms with E-state index in [0.29, 0.717) is 0 Å². The van der Waals surface area contributed by atoms with Crippen molar-refractivity contribution in [2.75, 3.05) is 0 Å². The van der Waals surface area contributed by atoms with Crippen LogP contribution in [0.2, 0.25) is 0 Å². The van der Waals surface area contributed by atoms with Crippen LogP contribution in [-0.2, 0) is 0 Å². The van der Waals surface area contributed by atoms with Crippen LogP contribution in [0.25, 0.3) is 27.6 Å². The first-order chi connectivity index (χ1) is 8.90. The lowest BCUT2D eigenvalue weighted by Gasteiger charge is -1.98. The minimum absolute atomic E-state index is 0.898. The van der Waals surface area contributed by atoms with E-state index in [0.717, 1.165) is 27.6 Å². The predicted octanol–water partition coefficient (Wildman–Crippen LogP) is 3.77. The molecule has 4 rings (SSSR count). The molecule has 0 saturated carbocycles. The molecular weight excluding hydrogens is 224 g/mol. The van der Waals surface area contributed by atoms with Gasteiger partial charge in [0, 0.05) is 17.0 Å². The number of hydrogen-bond donors (Lipinski definition) is 0. The van der Waals surface area contributed by atoms with Crippen LogP contribution in [0.5, 0.6) is 0 Å². The molecule has 0 saturated heterocycles. The Morgan fingerprint density at radius 2 is 1.83 bits per heavy atom. The summed E-state index contributed by atoms with van der Waals surface area (Å²) in [7, 11) is 0. The molecule has 0 amide bonds. The molecule has 0 radical (unpaired) electrons. The minimum Gasteiger partial charge on any atom is -0.464 e. The number of benzene rings is 2. The number of fused-ring (bicyclic) bond motifs is 2. The Labute approximate surface area is 103 Å². The first-order valence-electron chi connectivity index (χ1n) is 5.82. The molecule has 0 N–H and O–H groups in total. The molecule has 86 valence electrons. The fraction of sp³-hybridized carbons (Fsp3) is 0. The zero-order valence-corrected chi connectivity index (χ0v) is 9.58.